The van der Waals surface area contributed by atoms with E-state index in [2.05, 4.69) is 31.4 Å². The maximum Gasteiger partial charge on any atom is 0.232 e. The zero-order chi connectivity index (χ0) is 15.0. The van der Waals surface area contributed by atoms with Gasteiger partial charge in [0.2, 0.25) is 11.8 Å². The fraction of sp³-hybridized carbons (Fsp3) is 0.500. The summed E-state index contributed by atoms with van der Waals surface area (Å²) in [6.45, 7) is 8.66. The van der Waals surface area contributed by atoms with Gasteiger partial charge in [0.15, 0.2) is 0 Å². The van der Waals surface area contributed by atoms with Crippen LogP contribution in [0.5, 0.6) is 0 Å². The Bertz CT molecular complexity index is 528. The van der Waals surface area contributed by atoms with Crippen molar-refractivity contribution < 1.29 is 9.59 Å². The van der Waals surface area contributed by atoms with Crippen molar-refractivity contribution in [3.8, 4) is 0 Å². The molecule has 4 nitrogen and oxygen atoms in total. The van der Waals surface area contributed by atoms with Crippen molar-refractivity contribution in [1.82, 2.24) is 5.32 Å². The van der Waals surface area contributed by atoms with Gasteiger partial charge in [-0.3, -0.25) is 9.59 Å². The van der Waals surface area contributed by atoms with Crippen LogP contribution in [0, 0.1) is 5.41 Å². The SMILES string of the molecule is CC1(C(=O)Nc2ccc(C(C)(C)C)cc2)CNC(=O)C1. The van der Waals surface area contributed by atoms with E-state index in [9.17, 15) is 9.59 Å². The third kappa shape index (κ3) is 3.00. The number of hydrogen-bond donors (Lipinski definition) is 2. The van der Waals surface area contributed by atoms with E-state index in [0.717, 1.165) is 5.69 Å². The largest absolute Gasteiger partial charge is 0.355 e. The van der Waals surface area contributed by atoms with Crippen LogP contribution < -0.4 is 10.6 Å². The maximum absolute atomic E-state index is 12.3. The summed E-state index contributed by atoms with van der Waals surface area (Å²) in [6, 6.07) is 7.87. The first-order chi connectivity index (χ1) is 9.21. The van der Waals surface area contributed by atoms with Crippen LogP contribution in [0.4, 0.5) is 5.69 Å². The van der Waals surface area contributed by atoms with Gasteiger partial charge in [-0.25, -0.2) is 0 Å². The Balaban J connectivity index is 2.07. The average Bonchev–Trinajstić information content (AvgIpc) is 2.70. The average molecular weight is 274 g/mol. The standard InChI is InChI=1S/C16H22N2O2/c1-15(2,3)11-5-7-12(8-6-11)18-14(20)16(4)9-13(19)17-10-16/h5-8H,9-10H2,1-4H3,(H,17,19)(H,18,20). The molecule has 4 heteroatoms. The number of hydrogen-bond acceptors (Lipinski definition) is 2. The van der Waals surface area contributed by atoms with Gasteiger partial charge in [-0.1, -0.05) is 32.9 Å². The lowest BCUT2D eigenvalue weighted by Gasteiger charge is -2.22. The molecule has 1 saturated heterocycles. The van der Waals surface area contributed by atoms with Crippen molar-refractivity contribution in [1.29, 1.82) is 0 Å². The predicted molar refractivity (Wildman–Crippen MR) is 79.5 cm³/mol. The zero-order valence-corrected chi connectivity index (χ0v) is 12.5. The predicted octanol–water partition coefficient (Wildman–Crippen LogP) is 2.45. The summed E-state index contributed by atoms with van der Waals surface area (Å²) >= 11 is 0. The van der Waals surface area contributed by atoms with Crippen LogP contribution in [0.2, 0.25) is 0 Å². The molecule has 1 unspecified atom stereocenters. The summed E-state index contributed by atoms with van der Waals surface area (Å²) in [7, 11) is 0. The van der Waals surface area contributed by atoms with E-state index in [1.165, 1.54) is 5.56 Å². The molecule has 0 bridgehead atoms. The molecule has 1 aromatic rings. The Kier molecular flexibility index (Phi) is 3.59. The number of carbonyl (C=O) groups is 2. The summed E-state index contributed by atoms with van der Waals surface area (Å²) in [4.78, 5) is 23.5. The maximum atomic E-state index is 12.3. The molecule has 0 aromatic heterocycles. The molecule has 2 rings (SSSR count). The van der Waals surface area contributed by atoms with E-state index >= 15 is 0 Å². The monoisotopic (exact) mass is 274 g/mol. The first-order valence-corrected chi connectivity index (χ1v) is 6.89. The van der Waals surface area contributed by atoms with Crippen LogP contribution in [0.25, 0.3) is 0 Å². The molecular formula is C16H22N2O2. The van der Waals surface area contributed by atoms with Gasteiger partial charge in [-0.15, -0.1) is 0 Å². The van der Waals surface area contributed by atoms with Crippen molar-refractivity contribution in [2.24, 2.45) is 5.41 Å². The molecule has 1 heterocycles. The number of rotatable bonds is 2. The van der Waals surface area contributed by atoms with Crippen molar-refractivity contribution in [3.05, 3.63) is 29.8 Å². The van der Waals surface area contributed by atoms with Gasteiger partial charge >= 0.3 is 0 Å². The molecule has 1 fully saturated rings. The lowest BCUT2D eigenvalue weighted by molar-refractivity contribution is -0.126. The molecular weight excluding hydrogens is 252 g/mol. The molecule has 1 aliphatic rings. The molecule has 2 amide bonds. The lowest BCUT2D eigenvalue weighted by Crippen LogP contribution is -2.35. The highest BCUT2D eigenvalue weighted by Gasteiger charge is 2.40. The van der Waals surface area contributed by atoms with E-state index in [-0.39, 0.29) is 23.7 Å². The van der Waals surface area contributed by atoms with E-state index in [1.54, 1.807) is 0 Å². The van der Waals surface area contributed by atoms with Gasteiger partial charge in [0, 0.05) is 18.7 Å². The number of amides is 2. The van der Waals surface area contributed by atoms with Crippen LogP contribution in [0.3, 0.4) is 0 Å². The molecule has 1 aliphatic heterocycles. The summed E-state index contributed by atoms with van der Waals surface area (Å²) in [5.41, 5.74) is 1.43. The van der Waals surface area contributed by atoms with Gasteiger partial charge in [0.25, 0.3) is 0 Å². The smallest absolute Gasteiger partial charge is 0.232 e. The second-order valence-electron chi connectivity index (χ2n) is 6.80. The Labute approximate surface area is 119 Å². The number of nitrogens with one attached hydrogen (secondary N) is 2. The zero-order valence-electron chi connectivity index (χ0n) is 12.5. The van der Waals surface area contributed by atoms with Crippen LogP contribution in [0.15, 0.2) is 24.3 Å². The molecule has 0 radical (unpaired) electrons. The normalized spacial score (nSPS) is 22.5. The molecule has 108 valence electrons. The molecule has 20 heavy (non-hydrogen) atoms. The van der Waals surface area contributed by atoms with E-state index in [4.69, 9.17) is 0 Å². The second-order valence-corrected chi connectivity index (χ2v) is 6.80. The van der Waals surface area contributed by atoms with Crippen LogP contribution in [0.1, 0.15) is 39.7 Å². The van der Waals surface area contributed by atoms with Crippen molar-refractivity contribution in [2.75, 3.05) is 11.9 Å². The lowest BCUT2D eigenvalue weighted by atomic mass is 9.86. The quantitative estimate of drug-likeness (QED) is 0.870. The molecule has 1 atom stereocenters. The molecule has 1 aromatic carbocycles. The Morgan fingerprint density at radius 2 is 1.85 bits per heavy atom. The summed E-state index contributed by atoms with van der Waals surface area (Å²) in [6.07, 6.45) is 0.249. The first-order valence-electron chi connectivity index (χ1n) is 6.89. The Morgan fingerprint density at radius 3 is 2.30 bits per heavy atom. The van der Waals surface area contributed by atoms with Gasteiger partial charge < -0.3 is 10.6 Å². The fourth-order valence-corrected chi connectivity index (χ4v) is 2.27. The van der Waals surface area contributed by atoms with Gasteiger partial charge in [0.1, 0.15) is 0 Å². The first kappa shape index (κ1) is 14.6. The topological polar surface area (TPSA) is 58.2 Å². The van der Waals surface area contributed by atoms with Gasteiger partial charge in [0.05, 0.1) is 5.41 Å². The Hall–Kier alpha value is -1.84. The third-order valence-electron chi connectivity index (χ3n) is 3.78. The van der Waals surface area contributed by atoms with Crippen LogP contribution in [-0.4, -0.2) is 18.4 Å². The summed E-state index contributed by atoms with van der Waals surface area (Å²) < 4.78 is 0. The van der Waals surface area contributed by atoms with Crippen molar-refractivity contribution in [2.45, 2.75) is 39.5 Å². The van der Waals surface area contributed by atoms with Gasteiger partial charge in [-0.05, 0) is 30.0 Å². The minimum atomic E-state index is -0.653. The fourth-order valence-electron chi connectivity index (χ4n) is 2.27. The highest BCUT2D eigenvalue weighted by Crippen LogP contribution is 2.28. The highest BCUT2D eigenvalue weighted by molar-refractivity contribution is 5.99. The molecule has 0 spiro atoms. The van der Waals surface area contributed by atoms with Crippen molar-refractivity contribution in [3.63, 3.8) is 0 Å². The number of anilines is 1. The number of benzene rings is 1. The second kappa shape index (κ2) is 4.93. The van der Waals surface area contributed by atoms with E-state index in [1.807, 2.05) is 31.2 Å². The Morgan fingerprint density at radius 1 is 1.25 bits per heavy atom. The summed E-state index contributed by atoms with van der Waals surface area (Å²) in [5, 5.41) is 5.60. The van der Waals surface area contributed by atoms with E-state index in [0.29, 0.717) is 6.54 Å². The van der Waals surface area contributed by atoms with Crippen LogP contribution in [-0.2, 0) is 15.0 Å². The minimum absolute atomic E-state index is 0.0641. The third-order valence-corrected chi connectivity index (χ3v) is 3.78. The molecule has 2 N–H and O–H groups in total. The van der Waals surface area contributed by atoms with Gasteiger partial charge in [-0.2, -0.15) is 0 Å². The number of carbonyl (C=O) groups excluding carboxylic acids is 2. The summed E-state index contributed by atoms with van der Waals surface area (Å²) in [5.74, 6) is -0.176. The minimum Gasteiger partial charge on any atom is -0.355 e. The van der Waals surface area contributed by atoms with Crippen molar-refractivity contribution >= 4 is 17.5 Å². The van der Waals surface area contributed by atoms with Crippen LogP contribution >= 0.6 is 0 Å². The van der Waals surface area contributed by atoms with E-state index < -0.39 is 5.41 Å². The molecule has 0 saturated carbocycles. The highest BCUT2D eigenvalue weighted by atomic mass is 16.2. The molecule has 0 aliphatic carbocycles.